The van der Waals surface area contributed by atoms with E-state index in [9.17, 15) is 0 Å². The van der Waals surface area contributed by atoms with Crippen LogP contribution in [0.15, 0.2) is 42.5 Å². The number of para-hydroxylation sites is 1. The highest BCUT2D eigenvalue weighted by atomic mass is 15.0. The molecule has 0 atom stereocenters. The predicted molar refractivity (Wildman–Crippen MR) is 80.5 cm³/mol. The molecule has 1 heteroatoms. The Morgan fingerprint density at radius 3 is 1.89 bits per heavy atom. The van der Waals surface area contributed by atoms with Crippen LogP contribution < -0.4 is 0 Å². The highest BCUT2D eigenvalue weighted by Crippen LogP contribution is 2.35. The third-order valence-electron chi connectivity index (χ3n) is 4.15. The maximum absolute atomic E-state index is 2.43. The first-order valence-electron chi connectivity index (χ1n) is 7.10. The SMILES string of the molecule is C1=Cc2c(c3c(n2-c2ccccc2)C=CCC3)CC1. The van der Waals surface area contributed by atoms with Gasteiger partial charge in [0.25, 0.3) is 0 Å². The minimum Gasteiger partial charge on any atom is -0.310 e. The molecular weight excluding hydrogens is 230 g/mol. The summed E-state index contributed by atoms with van der Waals surface area (Å²) in [6.07, 6.45) is 14.0. The van der Waals surface area contributed by atoms with Crippen molar-refractivity contribution >= 4 is 12.2 Å². The number of benzene rings is 1. The summed E-state index contributed by atoms with van der Waals surface area (Å²) in [5.74, 6) is 0. The van der Waals surface area contributed by atoms with E-state index in [-0.39, 0.29) is 0 Å². The second-order valence-corrected chi connectivity index (χ2v) is 5.28. The van der Waals surface area contributed by atoms with Crippen LogP contribution in [0.3, 0.4) is 0 Å². The third kappa shape index (κ3) is 1.61. The minimum atomic E-state index is 1.18. The van der Waals surface area contributed by atoms with E-state index in [4.69, 9.17) is 0 Å². The molecule has 0 fully saturated rings. The molecule has 0 bridgehead atoms. The van der Waals surface area contributed by atoms with Crippen molar-refractivity contribution in [1.82, 2.24) is 4.57 Å². The molecule has 1 heterocycles. The van der Waals surface area contributed by atoms with Crippen molar-refractivity contribution in [2.45, 2.75) is 25.7 Å². The van der Waals surface area contributed by atoms with Crippen molar-refractivity contribution in [3.05, 3.63) is 65.0 Å². The molecule has 1 nitrogen and oxygen atoms in total. The monoisotopic (exact) mass is 247 g/mol. The normalized spacial score (nSPS) is 16.2. The number of hydrogen-bond donors (Lipinski definition) is 0. The van der Waals surface area contributed by atoms with Crippen molar-refractivity contribution in [3.63, 3.8) is 0 Å². The van der Waals surface area contributed by atoms with Crippen LogP contribution in [0, 0.1) is 0 Å². The number of hydrogen-bond acceptors (Lipinski definition) is 0. The summed E-state index contributed by atoms with van der Waals surface area (Å²) < 4.78 is 2.43. The van der Waals surface area contributed by atoms with Crippen molar-refractivity contribution in [2.75, 3.05) is 0 Å². The Morgan fingerprint density at radius 2 is 1.32 bits per heavy atom. The Labute approximate surface area is 113 Å². The fraction of sp³-hybridized carbons (Fsp3) is 0.222. The van der Waals surface area contributed by atoms with Gasteiger partial charge in [0, 0.05) is 17.1 Å². The minimum absolute atomic E-state index is 1.18. The second-order valence-electron chi connectivity index (χ2n) is 5.28. The smallest absolute Gasteiger partial charge is 0.0494 e. The highest BCUT2D eigenvalue weighted by Gasteiger charge is 2.22. The summed E-state index contributed by atoms with van der Waals surface area (Å²) in [5, 5.41) is 0. The molecule has 1 aromatic carbocycles. The number of nitrogens with zero attached hydrogens (tertiary/aromatic N) is 1. The summed E-state index contributed by atoms with van der Waals surface area (Å²) in [6.45, 7) is 0. The lowest BCUT2D eigenvalue weighted by molar-refractivity contribution is 0.922. The molecule has 2 aliphatic carbocycles. The standard InChI is InChI=1S/C18H17N/c1-2-8-14(9-3-1)19-17-12-6-4-10-15(17)16-11-5-7-13-18(16)19/h1-3,6-9,12-13H,4-5,10-11H2. The van der Waals surface area contributed by atoms with Crippen molar-refractivity contribution in [2.24, 2.45) is 0 Å². The number of allylic oxidation sites excluding steroid dienone is 2. The molecule has 0 N–H and O–H groups in total. The fourth-order valence-corrected chi connectivity index (χ4v) is 3.32. The van der Waals surface area contributed by atoms with Gasteiger partial charge in [0.15, 0.2) is 0 Å². The Balaban J connectivity index is 2.04. The molecule has 94 valence electrons. The van der Waals surface area contributed by atoms with Crippen LogP contribution in [0.2, 0.25) is 0 Å². The molecule has 0 saturated carbocycles. The predicted octanol–water partition coefficient (Wildman–Crippen LogP) is 4.40. The Morgan fingerprint density at radius 1 is 0.737 bits per heavy atom. The van der Waals surface area contributed by atoms with Gasteiger partial charge in [-0.15, -0.1) is 0 Å². The van der Waals surface area contributed by atoms with Crippen molar-refractivity contribution < 1.29 is 0 Å². The first kappa shape index (κ1) is 10.9. The van der Waals surface area contributed by atoms with E-state index < -0.39 is 0 Å². The lowest BCUT2D eigenvalue weighted by Gasteiger charge is -2.13. The molecule has 0 amide bonds. The molecule has 0 saturated heterocycles. The number of rotatable bonds is 1. The first-order valence-corrected chi connectivity index (χ1v) is 7.10. The molecule has 19 heavy (non-hydrogen) atoms. The Kier molecular flexibility index (Phi) is 2.44. The highest BCUT2D eigenvalue weighted by molar-refractivity contribution is 5.69. The molecular formula is C18H17N. The van der Waals surface area contributed by atoms with Gasteiger partial charge in [0.05, 0.1) is 0 Å². The zero-order chi connectivity index (χ0) is 12.7. The van der Waals surface area contributed by atoms with Gasteiger partial charge in [-0.25, -0.2) is 0 Å². The molecule has 0 aliphatic heterocycles. The van der Waals surface area contributed by atoms with Crippen LogP contribution in [0.4, 0.5) is 0 Å². The van der Waals surface area contributed by atoms with Gasteiger partial charge in [-0.2, -0.15) is 0 Å². The van der Waals surface area contributed by atoms with Gasteiger partial charge in [0.1, 0.15) is 0 Å². The molecule has 4 rings (SSSR count). The second kappa shape index (κ2) is 4.27. The van der Waals surface area contributed by atoms with Crippen LogP contribution in [0.5, 0.6) is 0 Å². The van der Waals surface area contributed by atoms with Crippen LogP contribution in [-0.4, -0.2) is 4.57 Å². The zero-order valence-electron chi connectivity index (χ0n) is 11.0. The zero-order valence-corrected chi connectivity index (χ0v) is 11.0. The number of aromatic nitrogens is 1. The summed E-state index contributed by atoms with van der Waals surface area (Å²) in [6, 6.07) is 10.7. The van der Waals surface area contributed by atoms with E-state index in [2.05, 4.69) is 59.2 Å². The molecule has 2 aromatic rings. The quantitative estimate of drug-likeness (QED) is 0.704. The first-order chi connectivity index (χ1) is 9.45. The molecule has 0 radical (unpaired) electrons. The average Bonchev–Trinajstić information content (AvgIpc) is 2.83. The topological polar surface area (TPSA) is 4.93 Å². The summed E-state index contributed by atoms with van der Waals surface area (Å²) >= 11 is 0. The Bertz CT molecular complexity index is 632. The van der Waals surface area contributed by atoms with Crippen LogP contribution in [-0.2, 0) is 12.8 Å². The van der Waals surface area contributed by atoms with E-state index >= 15 is 0 Å². The van der Waals surface area contributed by atoms with Gasteiger partial charge in [-0.05, 0) is 61.1 Å². The molecule has 0 spiro atoms. The fourth-order valence-electron chi connectivity index (χ4n) is 3.32. The van der Waals surface area contributed by atoms with Gasteiger partial charge in [-0.3, -0.25) is 0 Å². The summed E-state index contributed by atoms with van der Waals surface area (Å²) in [4.78, 5) is 0. The lowest BCUT2D eigenvalue weighted by atomic mass is 9.94. The van der Waals surface area contributed by atoms with E-state index in [1.165, 1.54) is 42.8 Å². The van der Waals surface area contributed by atoms with E-state index in [0.717, 1.165) is 0 Å². The van der Waals surface area contributed by atoms with Crippen molar-refractivity contribution in [1.29, 1.82) is 0 Å². The summed E-state index contributed by atoms with van der Waals surface area (Å²) in [5.41, 5.74) is 7.22. The maximum Gasteiger partial charge on any atom is 0.0494 e. The molecule has 2 aliphatic rings. The van der Waals surface area contributed by atoms with Crippen LogP contribution in [0.1, 0.15) is 35.4 Å². The van der Waals surface area contributed by atoms with E-state index in [1.807, 2.05) is 0 Å². The van der Waals surface area contributed by atoms with Gasteiger partial charge < -0.3 is 4.57 Å². The van der Waals surface area contributed by atoms with Crippen LogP contribution in [0.25, 0.3) is 17.8 Å². The Hall–Kier alpha value is -2.02. The average molecular weight is 247 g/mol. The maximum atomic E-state index is 2.43. The van der Waals surface area contributed by atoms with E-state index in [0.29, 0.717) is 0 Å². The van der Waals surface area contributed by atoms with Crippen molar-refractivity contribution in [3.8, 4) is 5.69 Å². The third-order valence-corrected chi connectivity index (χ3v) is 4.15. The largest absolute Gasteiger partial charge is 0.310 e. The summed E-state index contributed by atoms with van der Waals surface area (Å²) in [7, 11) is 0. The van der Waals surface area contributed by atoms with Gasteiger partial charge in [-0.1, -0.05) is 30.4 Å². The number of fused-ring (bicyclic) bond motifs is 3. The van der Waals surface area contributed by atoms with Gasteiger partial charge >= 0.3 is 0 Å². The molecule has 1 aromatic heterocycles. The van der Waals surface area contributed by atoms with Crippen LogP contribution >= 0.6 is 0 Å². The van der Waals surface area contributed by atoms with Gasteiger partial charge in [0.2, 0.25) is 0 Å². The molecule has 0 unspecified atom stereocenters. The van der Waals surface area contributed by atoms with E-state index in [1.54, 1.807) is 11.1 Å². The lowest BCUT2D eigenvalue weighted by Crippen LogP contribution is -2.01.